The summed E-state index contributed by atoms with van der Waals surface area (Å²) in [6, 6.07) is 8.95. The van der Waals surface area contributed by atoms with Crippen LogP contribution in [0, 0.1) is 0 Å². The molecule has 0 aliphatic rings. The monoisotopic (exact) mass is 292 g/mol. The van der Waals surface area contributed by atoms with Crippen molar-refractivity contribution >= 4 is 0 Å². The Balaban J connectivity index is 2.34. The number of hydrogen-bond donors (Lipinski definition) is 1. The lowest BCUT2D eigenvalue weighted by Crippen LogP contribution is -2.28. The number of rotatable bonds is 10. The highest BCUT2D eigenvalue weighted by molar-refractivity contribution is 5.22. The van der Waals surface area contributed by atoms with Gasteiger partial charge in [0.25, 0.3) is 0 Å². The van der Waals surface area contributed by atoms with Gasteiger partial charge < -0.3 is 10.1 Å². The van der Waals surface area contributed by atoms with Crippen LogP contribution in [0.2, 0.25) is 0 Å². The fourth-order valence-corrected chi connectivity index (χ4v) is 2.19. The average molecular weight is 292 g/mol. The number of ether oxygens (including phenoxy) is 1. The van der Waals surface area contributed by atoms with Gasteiger partial charge in [-0.3, -0.25) is 4.90 Å². The second kappa shape index (κ2) is 9.19. The van der Waals surface area contributed by atoms with Crippen LogP contribution in [-0.2, 0) is 17.8 Å². The lowest BCUT2D eigenvalue weighted by atomic mass is 10.1. The zero-order valence-electron chi connectivity index (χ0n) is 14.4. The third kappa shape index (κ3) is 7.07. The Morgan fingerprint density at radius 3 is 2.14 bits per heavy atom. The molecule has 0 radical (unpaired) electrons. The standard InChI is InChI=1S/C18H32N2O/c1-6-20(7-2)15-17-10-8-16(9-11-17)14-19-13-12-18(3,4)21-5/h8-11,19H,6-7,12-15H2,1-5H3. The first kappa shape index (κ1) is 18.1. The molecule has 3 heteroatoms. The maximum atomic E-state index is 5.42. The predicted molar refractivity (Wildman–Crippen MR) is 90.5 cm³/mol. The molecule has 0 aromatic heterocycles. The van der Waals surface area contributed by atoms with Gasteiger partial charge in [0.1, 0.15) is 0 Å². The molecular formula is C18H32N2O. The zero-order valence-corrected chi connectivity index (χ0v) is 14.4. The second-order valence-corrected chi connectivity index (χ2v) is 6.17. The minimum atomic E-state index is -0.0411. The van der Waals surface area contributed by atoms with Crippen LogP contribution >= 0.6 is 0 Å². The van der Waals surface area contributed by atoms with Gasteiger partial charge >= 0.3 is 0 Å². The topological polar surface area (TPSA) is 24.5 Å². The minimum Gasteiger partial charge on any atom is -0.379 e. The van der Waals surface area contributed by atoms with Crippen molar-refractivity contribution in [1.82, 2.24) is 10.2 Å². The van der Waals surface area contributed by atoms with Crippen molar-refractivity contribution < 1.29 is 4.74 Å². The van der Waals surface area contributed by atoms with Gasteiger partial charge in [-0.15, -0.1) is 0 Å². The molecule has 3 nitrogen and oxygen atoms in total. The highest BCUT2D eigenvalue weighted by Gasteiger charge is 2.14. The fraction of sp³-hybridized carbons (Fsp3) is 0.667. The van der Waals surface area contributed by atoms with Crippen LogP contribution in [0.15, 0.2) is 24.3 Å². The highest BCUT2D eigenvalue weighted by Crippen LogP contribution is 2.12. The van der Waals surface area contributed by atoms with Gasteiger partial charge in [0, 0.05) is 20.2 Å². The lowest BCUT2D eigenvalue weighted by Gasteiger charge is -2.22. The summed E-state index contributed by atoms with van der Waals surface area (Å²) in [5.41, 5.74) is 2.69. The maximum Gasteiger partial charge on any atom is 0.0634 e. The molecule has 1 N–H and O–H groups in total. The van der Waals surface area contributed by atoms with E-state index in [2.05, 4.69) is 62.2 Å². The molecule has 21 heavy (non-hydrogen) atoms. The van der Waals surface area contributed by atoms with Gasteiger partial charge in [-0.1, -0.05) is 38.1 Å². The Kier molecular flexibility index (Phi) is 7.94. The van der Waals surface area contributed by atoms with Crippen molar-refractivity contribution in [2.75, 3.05) is 26.7 Å². The summed E-state index contributed by atoms with van der Waals surface area (Å²) in [4.78, 5) is 2.43. The van der Waals surface area contributed by atoms with Gasteiger partial charge in [0.05, 0.1) is 5.60 Å². The van der Waals surface area contributed by atoms with Crippen LogP contribution in [-0.4, -0.2) is 37.2 Å². The van der Waals surface area contributed by atoms with E-state index >= 15 is 0 Å². The van der Waals surface area contributed by atoms with Crippen molar-refractivity contribution in [2.24, 2.45) is 0 Å². The van der Waals surface area contributed by atoms with E-state index in [1.807, 2.05) is 0 Å². The van der Waals surface area contributed by atoms with E-state index in [1.165, 1.54) is 11.1 Å². The van der Waals surface area contributed by atoms with Crippen LogP contribution in [0.5, 0.6) is 0 Å². The lowest BCUT2D eigenvalue weighted by molar-refractivity contribution is 0.0158. The van der Waals surface area contributed by atoms with Crippen LogP contribution in [0.3, 0.4) is 0 Å². The fourth-order valence-electron chi connectivity index (χ4n) is 2.19. The summed E-state index contributed by atoms with van der Waals surface area (Å²) in [6.45, 7) is 13.8. The summed E-state index contributed by atoms with van der Waals surface area (Å²) in [7, 11) is 1.77. The van der Waals surface area contributed by atoms with Gasteiger partial charge in [-0.2, -0.15) is 0 Å². The first-order valence-corrected chi connectivity index (χ1v) is 8.06. The number of nitrogens with one attached hydrogen (secondary N) is 1. The van der Waals surface area contributed by atoms with E-state index in [-0.39, 0.29) is 5.60 Å². The number of methoxy groups -OCH3 is 1. The van der Waals surface area contributed by atoms with Crippen LogP contribution in [0.1, 0.15) is 45.2 Å². The van der Waals surface area contributed by atoms with Crippen molar-refractivity contribution in [3.05, 3.63) is 35.4 Å². The number of nitrogens with zero attached hydrogens (tertiary/aromatic N) is 1. The molecule has 0 aliphatic heterocycles. The van der Waals surface area contributed by atoms with E-state index in [0.717, 1.165) is 39.1 Å². The Morgan fingerprint density at radius 1 is 1.05 bits per heavy atom. The van der Waals surface area contributed by atoms with Crippen molar-refractivity contribution in [1.29, 1.82) is 0 Å². The Bertz CT molecular complexity index is 383. The Hall–Kier alpha value is -0.900. The van der Waals surface area contributed by atoms with Crippen molar-refractivity contribution in [2.45, 2.75) is 52.8 Å². The van der Waals surface area contributed by atoms with E-state index in [9.17, 15) is 0 Å². The normalized spacial score (nSPS) is 12.1. The minimum absolute atomic E-state index is 0.0411. The molecule has 0 aliphatic carbocycles. The number of hydrogen-bond acceptors (Lipinski definition) is 3. The molecule has 1 rings (SSSR count). The summed E-state index contributed by atoms with van der Waals surface area (Å²) >= 11 is 0. The summed E-state index contributed by atoms with van der Waals surface area (Å²) in [6.07, 6.45) is 1.02. The van der Waals surface area contributed by atoms with Gasteiger partial charge in [-0.05, 0) is 51.0 Å². The van der Waals surface area contributed by atoms with E-state index < -0.39 is 0 Å². The summed E-state index contributed by atoms with van der Waals surface area (Å²) < 4.78 is 5.42. The molecule has 0 saturated heterocycles. The molecule has 0 heterocycles. The first-order valence-electron chi connectivity index (χ1n) is 8.06. The quantitative estimate of drug-likeness (QED) is 0.669. The number of benzene rings is 1. The maximum absolute atomic E-state index is 5.42. The molecular weight excluding hydrogens is 260 g/mol. The van der Waals surface area contributed by atoms with Crippen molar-refractivity contribution in [3.63, 3.8) is 0 Å². The highest BCUT2D eigenvalue weighted by atomic mass is 16.5. The summed E-state index contributed by atoms with van der Waals surface area (Å²) in [5, 5.41) is 3.48. The van der Waals surface area contributed by atoms with Gasteiger partial charge in [-0.25, -0.2) is 0 Å². The van der Waals surface area contributed by atoms with Gasteiger partial charge in [0.2, 0.25) is 0 Å². The third-order valence-corrected chi connectivity index (χ3v) is 4.11. The van der Waals surface area contributed by atoms with E-state index in [4.69, 9.17) is 4.74 Å². The molecule has 0 unspecified atom stereocenters. The van der Waals surface area contributed by atoms with E-state index in [1.54, 1.807) is 7.11 Å². The SMILES string of the molecule is CCN(CC)Cc1ccc(CNCCC(C)(C)OC)cc1. The second-order valence-electron chi connectivity index (χ2n) is 6.17. The molecule has 0 bridgehead atoms. The largest absolute Gasteiger partial charge is 0.379 e. The molecule has 0 atom stereocenters. The smallest absolute Gasteiger partial charge is 0.0634 e. The van der Waals surface area contributed by atoms with Gasteiger partial charge in [0.15, 0.2) is 0 Å². The zero-order chi connectivity index (χ0) is 15.7. The molecule has 1 aromatic rings. The molecule has 0 fully saturated rings. The average Bonchev–Trinajstić information content (AvgIpc) is 2.50. The molecule has 1 aromatic carbocycles. The van der Waals surface area contributed by atoms with Crippen LogP contribution in [0.25, 0.3) is 0 Å². The van der Waals surface area contributed by atoms with Crippen LogP contribution in [0.4, 0.5) is 0 Å². The Morgan fingerprint density at radius 2 is 1.62 bits per heavy atom. The Labute approximate surface area is 130 Å². The molecule has 120 valence electrons. The predicted octanol–water partition coefficient (Wildman–Crippen LogP) is 3.43. The molecule has 0 saturated carbocycles. The third-order valence-electron chi connectivity index (χ3n) is 4.11. The molecule has 0 amide bonds. The summed E-state index contributed by atoms with van der Waals surface area (Å²) in [5.74, 6) is 0. The van der Waals surface area contributed by atoms with Crippen molar-refractivity contribution in [3.8, 4) is 0 Å². The first-order chi connectivity index (χ1) is 10.0. The van der Waals surface area contributed by atoms with E-state index in [0.29, 0.717) is 0 Å². The van der Waals surface area contributed by atoms with Crippen LogP contribution < -0.4 is 5.32 Å². The molecule has 0 spiro atoms.